The van der Waals surface area contributed by atoms with Gasteiger partial charge in [-0.3, -0.25) is 0 Å². The van der Waals surface area contributed by atoms with E-state index < -0.39 is 21.9 Å². The zero-order chi connectivity index (χ0) is 19.2. The van der Waals surface area contributed by atoms with E-state index >= 15 is 0 Å². The Morgan fingerprint density at radius 1 is 0.885 bits per heavy atom. The highest BCUT2D eigenvalue weighted by Gasteiger charge is 2.23. The van der Waals surface area contributed by atoms with Crippen LogP contribution in [0.3, 0.4) is 0 Å². The smallest absolute Gasteiger partial charge is 0.427 e. The first-order valence-electron chi connectivity index (χ1n) is 8.13. The first-order chi connectivity index (χ1) is 12.2. The summed E-state index contributed by atoms with van der Waals surface area (Å²) >= 11 is 0. The minimum absolute atomic E-state index is 0.107. The van der Waals surface area contributed by atoms with Gasteiger partial charge in [0.25, 0.3) is 0 Å². The lowest BCUT2D eigenvalue weighted by Gasteiger charge is -2.17. The SMILES string of the molecule is CC(C)(C)OC(=O)OOS(=O)(=O)c1ccc(CCc2ccccc2)cc1. The Labute approximate surface area is 153 Å². The topological polar surface area (TPSA) is 78.9 Å². The second-order valence-electron chi connectivity index (χ2n) is 6.70. The molecule has 7 heteroatoms. The summed E-state index contributed by atoms with van der Waals surface area (Å²) in [5, 5.41) is 0. The summed E-state index contributed by atoms with van der Waals surface area (Å²) in [6.45, 7) is 4.87. The van der Waals surface area contributed by atoms with Crippen LogP contribution in [-0.4, -0.2) is 20.2 Å². The Hall–Kier alpha value is -2.38. The molecular formula is C19H22O6S. The second kappa shape index (κ2) is 8.33. The molecule has 0 spiro atoms. The van der Waals surface area contributed by atoms with Crippen molar-refractivity contribution >= 4 is 16.3 Å². The van der Waals surface area contributed by atoms with Crippen molar-refractivity contribution in [2.45, 2.75) is 44.1 Å². The Bertz CT molecular complexity index is 821. The van der Waals surface area contributed by atoms with Crippen LogP contribution in [0.25, 0.3) is 0 Å². The van der Waals surface area contributed by atoms with Crippen LogP contribution in [0, 0.1) is 0 Å². The van der Waals surface area contributed by atoms with Crippen LogP contribution < -0.4 is 0 Å². The molecule has 0 aliphatic heterocycles. The third-order valence-corrected chi connectivity index (χ3v) is 4.44. The molecule has 2 rings (SSSR count). The first-order valence-corrected chi connectivity index (χ1v) is 9.53. The molecule has 0 aromatic heterocycles. The van der Waals surface area contributed by atoms with Crippen LogP contribution in [-0.2, 0) is 36.9 Å². The average molecular weight is 378 g/mol. The van der Waals surface area contributed by atoms with Crippen molar-refractivity contribution in [2.24, 2.45) is 0 Å². The van der Waals surface area contributed by atoms with E-state index in [1.165, 1.54) is 17.7 Å². The summed E-state index contributed by atoms with van der Waals surface area (Å²) < 4.78 is 33.2. The molecule has 0 aliphatic carbocycles. The van der Waals surface area contributed by atoms with E-state index in [0.29, 0.717) is 0 Å². The Morgan fingerprint density at radius 3 is 1.96 bits per heavy atom. The van der Waals surface area contributed by atoms with E-state index in [4.69, 9.17) is 4.74 Å². The maximum absolute atomic E-state index is 12.0. The van der Waals surface area contributed by atoms with Gasteiger partial charge in [0.05, 0.1) is 4.90 Å². The van der Waals surface area contributed by atoms with Gasteiger partial charge >= 0.3 is 16.3 Å². The minimum atomic E-state index is -4.22. The molecule has 0 radical (unpaired) electrons. The third-order valence-electron chi connectivity index (χ3n) is 3.34. The average Bonchev–Trinajstić information content (AvgIpc) is 2.58. The van der Waals surface area contributed by atoms with Gasteiger partial charge in [0, 0.05) is 0 Å². The number of ether oxygens (including phenoxy) is 1. The highest BCUT2D eigenvalue weighted by atomic mass is 32.2. The molecule has 0 saturated heterocycles. The zero-order valence-corrected chi connectivity index (χ0v) is 15.8. The molecular weight excluding hydrogens is 356 g/mol. The summed E-state index contributed by atoms with van der Waals surface area (Å²) in [5.74, 6) is 0. The molecule has 0 heterocycles. The zero-order valence-electron chi connectivity index (χ0n) is 15.0. The van der Waals surface area contributed by atoms with Gasteiger partial charge in [0.2, 0.25) is 0 Å². The predicted octanol–water partition coefficient (Wildman–Crippen LogP) is 4.04. The summed E-state index contributed by atoms with van der Waals surface area (Å²) in [5.41, 5.74) is 1.38. The number of aryl methyl sites for hydroxylation is 2. The maximum Gasteiger partial charge on any atom is 0.542 e. The molecule has 140 valence electrons. The minimum Gasteiger partial charge on any atom is -0.427 e. The van der Waals surface area contributed by atoms with E-state index in [2.05, 4.69) is 9.22 Å². The second-order valence-corrected chi connectivity index (χ2v) is 8.22. The molecule has 0 amide bonds. The van der Waals surface area contributed by atoms with Crippen molar-refractivity contribution in [3.8, 4) is 0 Å². The molecule has 26 heavy (non-hydrogen) atoms. The van der Waals surface area contributed by atoms with Gasteiger partial charge in [-0.25, -0.2) is 9.68 Å². The summed E-state index contributed by atoms with van der Waals surface area (Å²) in [7, 11) is -4.22. The van der Waals surface area contributed by atoms with E-state index in [1.807, 2.05) is 30.3 Å². The fourth-order valence-corrected chi connectivity index (χ4v) is 2.83. The van der Waals surface area contributed by atoms with Crippen molar-refractivity contribution in [1.82, 2.24) is 0 Å². The van der Waals surface area contributed by atoms with Gasteiger partial charge < -0.3 is 4.74 Å². The molecule has 0 fully saturated rings. The quantitative estimate of drug-likeness (QED) is 0.429. The van der Waals surface area contributed by atoms with Crippen LogP contribution in [0.15, 0.2) is 59.5 Å². The molecule has 0 atom stereocenters. The number of rotatable bonds is 6. The molecule has 2 aromatic rings. The van der Waals surface area contributed by atoms with Gasteiger partial charge in [-0.1, -0.05) is 42.5 Å². The summed E-state index contributed by atoms with van der Waals surface area (Å²) in [6.07, 6.45) is 0.408. The fraction of sp³-hybridized carbons (Fsp3) is 0.316. The van der Waals surface area contributed by atoms with Gasteiger partial charge in [0.15, 0.2) is 0 Å². The predicted molar refractivity (Wildman–Crippen MR) is 95.9 cm³/mol. The molecule has 0 N–H and O–H groups in total. The lowest BCUT2D eigenvalue weighted by molar-refractivity contribution is -0.175. The fourth-order valence-electron chi connectivity index (χ4n) is 2.13. The number of hydrogen-bond acceptors (Lipinski definition) is 6. The largest absolute Gasteiger partial charge is 0.542 e. The van der Waals surface area contributed by atoms with Crippen LogP contribution in [0.4, 0.5) is 4.79 Å². The standard InChI is InChI=1S/C19H22O6S/c1-19(2,3)23-18(20)24-25-26(21,22)17-13-11-16(12-14-17)10-9-15-7-5-4-6-8-15/h4-8,11-14H,9-10H2,1-3H3. The van der Waals surface area contributed by atoms with E-state index in [-0.39, 0.29) is 4.90 Å². The molecule has 6 nitrogen and oxygen atoms in total. The van der Waals surface area contributed by atoms with Crippen LogP contribution in [0.5, 0.6) is 0 Å². The van der Waals surface area contributed by atoms with Gasteiger partial charge in [-0.05, 0) is 61.2 Å². The maximum atomic E-state index is 12.0. The van der Waals surface area contributed by atoms with Crippen LogP contribution in [0.1, 0.15) is 31.9 Å². The van der Waals surface area contributed by atoms with E-state index in [9.17, 15) is 13.2 Å². The van der Waals surface area contributed by atoms with Crippen LogP contribution >= 0.6 is 0 Å². The normalized spacial score (nSPS) is 11.8. The molecule has 2 aromatic carbocycles. The summed E-state index contributed by atoms with van der Waals surface area (Å²) in [4.78, 5) is 15.5. The number of hydrogen-bond donors (Lipinski definition) is 0. The highest BCUT2D eigenvalue weighted by molar-refractivity contribution is 7.86. The first kappa shape index (κ1) is 19.9. The summed E-state index contributed by atoms with van der Waals surface area (Å²) in [6, 6.07) is 16.2. The van der Waals surface area contributed by atoms with Crippen molar-refractivity contribution in [3.05, 3.63) is 65.7 Å². The van der Waals surface area contributed by atoms with E-state index in [1.54, 1.807) is 32.9 Å². The lowest BCUT2D eigenvalue weighted by atomic mass is 10.0. The Balaban J connectivity index is 1.92. The third kappa shape index (κ3) is 6.50. The molecule has 0 unspecified atom stereocenters. The lowest BCUT2D eigenvalue weighted by Crippen LogP contribution is -2.25. The highest BCUT2D eigenvalue weighted by Crippen LogP contribution is 2.16. The van der Waals surface area contributed by atoms with Crippen molar-refractivity contribution in [1.29, 1.82) is 0 Å². The molecule has 0 aliphatic rings. The van der Waals surface area contributed by atoms with Crippen molar-refractivity contribution in [3.63, 3.8) is 0 Å². The van der Waals surface area contributed by atoms with Gasteiger partial charge in [0.1, 0.15) is 5.60 Å². The van der Waals surface area contributed by atoms with Gasteiger partial charge in [-0.2, -0.15) is 8.42 Å². The van der Waals surface area contributed by atoms with Crippen molar-refractivity contribution in [2.75, 3.05) is 0 Å². The number of carbonyl (C=O) groups excluding carboxylic acids is 1. The van der Waals surface area contributed by atoms with Gasteiger partial charge in [-0.15, -0.1) is 0 Å². The Kier molecular flexibility index (Phi) is 6.39. The number of benzene rings is 2. The molecule has 0 bridgehead atoms. The van der Waals surface area contributed by atoms with Crippen molar-refractivity contribution < 1.29 is 27.2 Å². The monoisotopic (exact) mass is 378 g/mol. The van der Waals surface area contributed by atoms with E-state index in [0.717, 1.165) is 18.4 Å². The Morgan fingerprint density at radius 2 is 1.42 bits per heavy atom. The number of carbonyl (C=O) groups is 1. The molecule has 0 saturated carbocycles. The van der Waals surface area contributed by atoms with Crippen LogP contribution in [0.2, 0.25) is 0 Å².